The molecule has 1 aromatic heterocycles. The van der Waals surface area contributed by atoms with Crippen LogP contribution < -0.4 is 5.73 Å². The molecule has 0 saturated carbocycles. The minimum atomic E-state index is -3.99. The Kier molecular flexibility index (Phi) is 4.52. The lowest BCUT2D eigenvalue weighted by Crippen LogP contribution is -2.38. The van der Waals surface area contributed by atoms with Gasteiger partial charge in [-0.3, -0.25) is 9.48 Å². The summed E-state index contributed by atoms with van der Waals surface area (Å²) < 4.78 is 54.6. The van der Waals surface area contributed by atoms with E-state index in [0.717, 1.165) is 28.6 Å². The van der Waals surface area contributed by atoms with Gasteiger partial charge in [0.2, 0.25) is 10.0 Å². The van der Waals surface area contributed by atoms with Crippen molar-refractivity contribution in [1.29, 1.82) is 0 Å². The Morgan fingerprint density at radius 3 is 2.60 bits per heavy atom. The number of carbonyl (C=O) groups is 1. The lowest BCUT2D eigenvalue weighted by Gasteiger charge is -2.23. The van der Waals surface area contributed by atoms with Crippen molar-refractivity contribution >= 4 is 15.9 Å². The second-order valence-corrected chi connectivity index (χ2v) is 7.60. The molecule has 1 aliphatic heterocycles. The molecule has 1 aliphatic rings. The highest BCUT2D eigenvalue weighted by atomic mass is 32.2. The number of halogens is 2. The van der Waals surface area contributed by atoms with Gasteiger partial charge >= 0.3 is 0 Å². The minimum absolute atomic E-state index is 0.0150. The average molecular weight is 371 g/mol. The van der Waals surface area contributed by atoms with Gasteiger partial charge in [0.25, 0.3) is 5.91 Å². The molecule has 11 heteroatoms. The van der Waals surface area contributed by atoms with E-state index in [1.165, 1.54) is 10.9 Å². The predicted octanol–water partition coefficient (Wildman–Crippen LogP) is 0.317. The molecule has 2 N–H and O–H groups in total. The van der Waals surface area contributed by atoms with Crippen LogP contribution in [0.1, 0.15) is 16.9 Å². The lowest BCUT2D eigenvalue weighted by atomic mass is 10.2. The minimum Gasteiger partial charge on any atom is -0.364 e. The monoisotopic (exact) mass is 371 g/mol. The van der Waals surface area contributed by atoms with E-state index in [1.54, 1.807) is 0 Å². The number of hydrogen-bond donors (Lipinski definition) is 1. The standard InChI is InChI=1S/C14H15F2N5O3S/c15-9-1-3-12(4-2-9)25(23,24)21-6-10(16)5-11(21)7-20-8-13(14(17)22)18-19-20/h1-4,8,10-11H,5-7H2,(H2,17,22). The summed E-state index contributed by atoms with van der Waals surface area (Å²) in [6.45, 7) is -0.289. The Labute approximate surface area is 142 Å². The summed E-state index contributed by atoms with van der Waals surface area (Å²) in [6, 6.07) is 3.61. The molecule has 0 bridgehead atoms. The number of hydrogen-bond acceptors (Lipinski definition) is 5. The summed E-state index contributed by atoms with van der Waals surface area (Å²) in [5.41, 5.74) is 5.02. The number of alkyl halides is 1. The molecule has 134 valence electrons. The molecule has 1 fully saturated rings. The Balaban J connectivity index is 1.85. The van der Waals surface area contributed by atoms with Crippen LogP contribution in [-0.2, 0) is 16.6 Å². The number of sulfonamides is 1. The van der Waals surface area contributed by atoms with Gasteiger partial charge < -0.3 is 5.73 Å². The molecule has 25 heavy (non-hydrogen) atoms. The van der Waals surface area contributed by atoms with Crippen molar-refractivity contribution in [2.24, 2.45) is 5.73 Å². The Morgan fingerprint density at radius 1 is 1.32 bits per heavy atom. The van der Waals surface area contributed by atoms with Gasteiger partial charge in [-0.15, -0.1) is 5.10 Å². The largest absolute Gasteiger partial charge is 0.364 e. The maximum atomic E-state index is 13.9. The summed E-state index contributed by atoms with van der Waals surface area (Å²) in [6.07, 6.45) is -0.0812. The Morgan fingerprint density at radius 2 is 2.00 bits per heavy atom. The van der Waals surface area contributed by atoms with E-state index in [2.05, 4.69) is 10.3 Å². The van der Waals surface area contributed by atoms with Crippen LogP contribution in [-0.4, -0.2) is 52.4 Å². The number of aromatic nitrogens is 3. The van der Waals surface area contributed by atoms with Crippen molar-refractivity contribution in [2.45, 2.75) is 30.1 Å². The molecule has 0 aliphatic carbocycles. The number of amides is 1. The fourth-order valence-corrected chi connectivity index (χ4v) is 4.40. The molecule has 8 nitrogen and oxygen atoms in total. The van der Waals surface area contributed by atoms with Crippen molar-refractivity contribution in [3.63, 3.8) is 0 Å². The van der Waals surface area contributed by atoms with Crippen LogP contribution in [0.25, 0.3) is 0 Å². The topological polar surface area (TPSA) is 111 Å². The number of benzene rings is 1. The van der Waals surface area contributed by atoms with E-state index in [4.69, 9.17) is 5.73 Å². The van der Waals surface area contributed by atoms with E-state index in [-0.39, 0.29) is 30.1 Å². The number of nitrogens with zero attached hydrogens (tertiary/aromatic N) is 4. The van der Waals surface area contributed by atoms with Crippen molar-refractivity contribution in [3.8, 4) is 0 Å². The van der Waals surface area contributed by atoms with Crippen LogP contribution in [0.2, 0.25) is 0 Å². The number of carbonyl (C=O) groups excluding carboxylic acids is 1. The van der Waals surface area contributed by atoms with E-state index < -0.39 is 34.0 Å². The molecule has 3 rings (SSSR count). The van der Waals surface area contributed by atoms with Gasteiger partial charge in [0.05, 0.1) is 17.6 Å². The maximum Gasteiger partial charge on any atom is 0.270 e. The SMILES string of the molecule is NC(=O)c1cn(CC2CC(F)CN2S(=O)(=O)c2ccc(F)cc2)nn1. The second-order valence-electron chi connectivity index (χ2n) is 5.71. The van der Waals surface area contributed by atoms with Gasteiger partial charge in [0.1, 0.15) is 12.0 Å². The zero-order chi connectivity index (χ0) is 18.2. The van der Waals surface area contributed by atoms with E-state index in [1.807, 2.05) is 0 Å². The highest BCUT2D eigenvalue weighted by Crippen LogP contribution is 2.28. The van der Waals surface area contributed by atoms with Crippen LogP contribution in [0, 0.1) is 5.82 Å². The zero-order valence-corrected chi connectivity index (χ0v) is 13.7. The van der Waals surface area contributed by atoms with E-state index >= 15 is 0 Å². The molecular weight excluding hydrogens is 356 g/mol. The first-order chi connectivity index (χ1) is 11.8. The van der Waals surface area contributed by atoms with Crippen LogP contribution in [0.4, 0.5) is 8.78 Å². The summed E-state index contributed by atoms with van der Waals surface area (Å²) in [4.78, 5) is 10.9. The lowest BCUT2D eigenvalue weighted by molar-refractivity contribution is 0.0995. The molecular formula is C14H15F2N5O3S. The van der Waals surface area contributed by atoms with Crippen LogP contribution in [0.5, 0.6) is 0 Å². The van der Waals surface area contributed by atoms with Gasteiger partial charge in [-0.1, -0.05) is 5.21 Å². The summed E-state index contributed by atoms with van der Waals surface area (Å²) in [7, 11) is -3.99. The van der Waals surface area contributed by atoms with E-state index in [9.17, 15) is 22.0 Å². The molecule has 2 unspecified atom stereocenters. The van der Waals surface area contributed by atoms with Crippen molar-refractivity contribution in [3.05, 3.63) is 42.0 Å². The molecule has 0 radical (unpaired) electrons. The Hall–Kier alpha value is -2.40. The van der Waals surface area contributed by atoms with Gasteiger partial charge in [0, 0.05) is 12.6 Å². The molecule has 1 aromatic carbocycles. The highest BCUT2D eigenvalue weighted by molar-refractivity contribution is 7.89. The van der Waals surface area contributed by atoms with Crippen LogP contribution >= 0.6 is 0 Å². The van der Waals surface area contributed by atoms with E-state index in [0.29, 0.717) is 0 Å². The van der Waals surface area contributed by atoms with Gasteiger partial charge in [-0.25, -0.2) is 17.2 Å². The van der Waals surface area contributed by atoms with Crippen molar-refractivity contribution in [1.82, 2.24) is 19.3 Å². The first-order valence-corrected chi connectivity index (χ1v) is 8.83. The van der Waals surface area contributed by atoms with Crippen LogP contribution in [0.15, 0.2) is 35.4 Å². The summed E-state index contributed by atoms with van der Waals surface area (Å²) in [5.74, 6) is -1.33. The van der Waals surface area contributed by atoms with Gasteiger partial charge in [-0.05, 0) is 30.7 Å². The average Bonchev–Trinajstić information content (AvgIpc) is 3.15. The first kappa shape index (κ1) is 17.4. The normalized spacial score (nSPS) is 21.5. The predicted molar refractivity (Wildman–Crippen MR) is 82.1 cm³/mol. The van der Waals surface area contributed by atoms with Gasteiger partial charge in [0.15, 0.2) is 5.69 Å². The quantitative estimate of drug-likeness (QED) is 0.814. The zero-order valence-electron chi connectivity index (χ0n) is 12.9. The van der Waals surface area contributed by atoms with Crippen molar-refractivity contribution < 1.29 is 22.0 Å². The second kappa shape index (κ2) is 6.48. The third kappa shape index (κ3) is 3.51. The number of rotatable bonds is 5. The van der Waals surface area contributed by atoms with Gasteiger partial charge in [-0.2, -0.15) is 4.31 Å². The van der Waals surface area contributed by atoms with Crippen molar-refractivity contribution in [2.75, 3.05) is 6.54 Å². The third-order valence-electron chi connectivity index (χ3n) is 3.92. The molecule has 2 heterocycles. The molecule has 1 saturated heterocycles. The number of primary amides is 1. The maximum absolute atomic E-state index is 13.9. The van der Waals surface area contributed by atoms with Crippen LogP contribution in [0.3, 0.4) is 0 Å². The molecule has 1 amide bonds. The number of nitrogens with two attached hydrogens (primary N) is 1. The molecule has 2 aromatic rings. The third-order valence-corrected chi connectivity index (χ3v) is 5.85. The highest BCUT2D eigenvalue weighted by Gasteiger charge is 2.40. The fourth-order valence-electron chi connectivity index (χ4n) is 2.75. The molecule has 2 atom stereocenters. The summed E-state index contributed by atoms with van der Waals surface area (Å²) >= 11 is 0. The fraction of sp³-hybridized carbons (Fsp3) is 0.357. The smallest absolute Gasteiger partial charge is 0.270 e. The Bertz CT molecular complexity index is 884. The molecule has 0 spiro atoms. The summed E-state index contributed by atoms with van der Waals surface area (Å²) in [5, 5.41) is 7.27. The first-order valence-electron chi connectivity index (χ1n) is 7.39.